The van der Waals surface area contributed by atoms with E-state index in [0.29, 0.717) is 29.4 Å². The summed E-state index contributed by atoms with van der Waals surface area (Å²) >= 11 is 3.45. The molecule has 146 valence electrons. The Morgan fingerprint density at radius 3 is 2.50 bits per heavy atom. The topological polar surface area (TPSA) is 82.7 Å². The van der Waals surface area contributed by atoms with Gasteiger partial charge in [0.05, 0.1) is 20.1 Å². The minimum Gasteiger partial charge on any atom is -0.493 e. The van der Waals surface area contributed by atoms with Gasteiger partial charge in [0.15, 0.2) is 11.5 Å². The van der Waals surface area contributed by atoms with Gasteiger partial charge in [-0.25, -0.2) is 4.79 Å². The molecular weight excluding hydrogens is 428 g/mol. The van der Waals surface area contributed by atoms with Gasteiger partial charge in [0.25, 0.3) is 0 Å². The molecule has 1 aromatic heterocycles. The monoisotopic (exact) mass is 446 g/mol. The third kappa shape index (κ3) is 4.45. The molecule has 0 fully saturated rings. The van der Waals surface area contributed by atoms with E-state index in [1.165, 1.54) is 11.7 Å². The van der Waals surface area contributed by atoms with Crippen LogP contribution in [0.3, 0.4) is 0 Å². The van der Waals surface area contributed by atoms with Crippen LogP contribution in [0.5, 0.6) is 17.2 Å². The van der Waals surface area contributed by atoms with Gasteiger partial charge < -0.3 is 19.1 Å². The second kappa shape index (κ2) is 8.35. The van der Waals surface area contributed by atoms with Gasteiger partial charge in [-0.3, -0.25) is 9.36 Å². The van der Waals surface area contributed by atoms with E-state index in [9.17, 15) is 9.59 Å². The fourth-order valence-electron chi connectivity index (χ4n) is 2.79. The Hall–Kier alpha value is -3.00. The molecule has 0 spiro atoms. The Labute approximate surface area is 169 Å². The van der Waals surface area contributed by atoms with Crippen molar-refractivity contribution in [3.8, 4) is 17.2 Å². The maximum Gasteiger partial charge on any atom is 0.328 e. The van der Waals surface area contributed by atoms with Crippen LogP contribution >= 0.6 is 15.9 Å². The molecule has 0 aliphatic carbocycles. The number of methoxy groups -OCH3 is 1. The van der Waals surface area contributed by atoms with Crippen molar-refractivity contribution in [3.05, 3.63) is 74.9 Å². The number of benzene rings is 2. The summed E-state index contributed by atoms with van der Waals surface area (Å²) in [5.74, 6) is 0.513. The second-order valence-corrected chi connectivity index (χ2v) is 7.15. The number of aliphatic carboxylic acids is 1. The van der Waals surface area contributed by atoms with Gasteiger partial charge in [0.2, 0.25) is 0 Å². The molecule has 0 aliphatic rings. The molecule has 0 radical (unpaired) electrons. The predicted molar refractivity (Wildman–Crippen MR) is 107 cm³/mol. The van der Waals surface area contributed by atoms with Crippen molar-refractivity contribution < 1.29 is 19.4 Å². The average molecular weight is 447 g/mol. The zero-order valence-corrected chi connectivity index (χ0v) is 17.0. The van der Waals surface area contributed by atoms with Crippen LogP contribution < -0.4 is 15.2 Å². The Kier molecular flexibility index (Phi) is 5.89. The molecule has 1 N–H and O–H groups in total. The summed E-state index contributed by atoms with van der Waals surface area (Å²) in [6.45, 7) is 0.325. The molecule has 0 saturated heterocycles. The number of aromatic nitrogens is 2. The number of carbonyl (C=O) groups is 1. The molecule has 28 heavy (non-hydrogen) atoms. The second-order valence-electron chi connectivity index (χ2n) is 6.23. The zero-order valence-electron chi connectivity index (χ0n) is 15.4. The Morgan fingerprint density at radius 2 is 1.86 bits per heavy atom. The van der Waals surface area contributed by atoms with Crippen molar-refractivity contribution >= 4 is 21.9 Å². The summed E-state index contributed by atoms with van der Waals surface area (Å²) < 4.78 is 15.3. The SMILES string of the molecule is COc1ccc(CC(=O)O)cc1Oc1ccc(Br)cc1Cn1ccn(C)c1=O. The number of hydrogen-bond donors (Lipinski definition) is 1. The van der Waals surface area contributed by atoms with Crippen molar-refractivity contribution in [2.45, 2.75) is 13.0 Å². The quantitative estimate of drug-likeness (QED) is 0.600. The number of nitrogens with zero attached hydrogens (tertiary/aromatic N) is 2. The van der Waals surface area contributed by atoms with Crippen LogP contribution in [-0.2, 0) is 24.8 Å². The molecule has 7 nitrogen and oxygen atoms in total. The lowest BCUT2D eigenvalue weighted by Crippen LogP contribution is -2.22. The molecule has 3 rings (SSSR count). The Bertz CT molecular complexity index is 1070. The van der Waals surface area contributed by atoms with Crippen LogP contribution in [0.2, 0.25) is 0 Å². The highest BCUT2D eigenvalue weighted by Gasteiger charge is 2.13. The Morgan fingerprint density at radius 1 is 1.11 bits per heavy atom. The fourth-order valence-corrected chi connectivity index (χ4v) is 3.20. The van der Waals surface area contributed by atoms with E-state index in [0.717, 1.165) is 10.0 Å². The highest BCUT2D eigenvalue weighted by atomic mass is 79.9. The van der Waals surface area contributed by atoms with E-state index in [1.807, 2.05) is 12.1 Å². The normalized spacial score (nSPS) is 10.7. The summed E-state index contributed by atoms with van der Waals surface area (Å²) in [6, 6.07) is 10.5. The van der Waals surface area contributed by atoms with E-state index in [-0.39, 0.29) is 12.1 Å². The number of ether oxygens (including phenoxy) is 2. The van der Waals surface area contributed by atoms with Crippen molar-refractivity contribution in [3.63, 3.8) is 0 Å². The fraction of sp³-hybridized carbons (Fsp3) is 0.200. The Balaban J connectivity index is 1.97. The van der Waals surface area contributed by atoms with Gasteiger partial charge in [0, 0.05) is 29.5 Å². The first-order chi connectivity index (χ1) is 13.4. The third-order valence-corrected chi connectivity index (χ3v) is 4.68. The smallest absolute Gasteiger partial charge is 0.328 e. The molecule has 8 heteroatoms. The first kappa shape index (κ1) is 19.8. The first-order valence-corrected chi connectivity index (χ1v) is 9.23. The van der Waals surface area contributed by atoms with Crippen molar-refractivity contribution in [2.24, 2.45) is 7.05 Å². The molecule has 0 unspecified atom stereocenters. The number of aryl methyl sites for hydroxylation is 1. The van der Waals surface area contributed by atoms with E-state index in [4.69, 9.17) is 14.6 Å². The van der Waals surface area contributed by atoms with E-state index < -0.39 is 5.97 Å². The molecule has 1 heterocycles. The molecule has 3 aromatic rings. The van der Waals surface area contributed by atoms with Crippen LogP contribution in [-0.4, -0.2) is 27.3 Å². The average Bonchev–Trinajstić information content (AvgIpc) is 2.96. The lowest BCUT2D eigenvalue weighted by Gasteiger charge is -2.15. The maximum absolute atomic E-state index is 12.2. The number of carboxylic acids is 1. The van der Waals surface area contributed by atoms with Gasteiger partial charge in [0.1, 0.15) is 5.75 Å². The highest BCUT2D eigenvalue weighted by Crippen LogP contribution is 2.35. The minimum absolute atomic E-state index is 0.118. The van der Waals surface area contributed by atoms with Crippen molar-refractivity contribution in [1.82, 2.24) is 9.13 Å². The number of halogens is 1. The van der Waals surface area contributed by atoms with Crippen LogP contribution in [0.4, 0.5) is 0 Å². The third-order valence-electron chi connectivity index (χ3n) is 4.18. The summed E-state index contributed by atoms with van der Waals surface area (Å²) in [4.78, 5) is 23.2. The summed E-state index contributed by atoms with van der Waals surface area (Å²) in [6.07, 6.45) is 3.29. The van der Waals surface area contributed by atoms with E-state index >= 15 is 0 Å². The maximum atomic E-state index is 12.2. The summed E-state index contributed by atoms with van der Waals surface area (Å²) in [5, 5.41) is 9.03. The van der Waals surface area contributed by atoms with E-state index in [2.05, 4.69) is 15.9 Å². The van der Waals surface area contributed by atoms with E-state index in [1.54, 1.807) is 48.3 Å². The number of rotatable bonds is 7. The number of hydrogen-bond acceptors (Lipinski definition) is 4. The van der Waals surface area contributed by atoms with Crippen LogP contribution in [0.25, 0.3) is 0 Å². The molecule has 0 aliphatic heterocycles. The van der Waals surface area contributed by atoms with Gasteiger partial charge in [-0.2, -0.15) is 0 Å². The largest absolute Gasteiger partial charge is 0.493 e. The molecule has 0 saturated carbocycles. The number of imidazole rings is 1. The molecular formula is C20H19BrN2O5. The minimum atomic E-state index is -0.927. The number of carboxylic acid groups (broad SMARTS) is 1. The first-order valence-electron chi connectivity index (χ1n) is 8.44. The zero-order chi connectivity index (χ0) is 20.3. The lowest BCUT2D eigenvalue weighted by atomic mass is 10.1. The molecule has 0 bridgehead atoms. The summed E-state index contributed by atoms with van der Waals surface area (Å²) in [5.41, 5.74) is 1.25. The standard InChI is InChI=1S/C20H19BrN2O5/c1-22-7-8-23(20(22)26)12-14-11-15(21)4-6-16(14)28-18-9-13(10-19(24)25)3-5-17(18)27-2/h3-9,11H,10,12H2,1-2H3,(H,24,25). The molecule has 2 aromatic carbocycles. The predicted octanol–water partition coefficient (Wildman–Crippen LogP) is 3.43. The van der Waals surface area contributed by atoms with Crippen LogP contribution in [0.15, 0.2) is 58.1 Å². The summed E-state index contributed by atoms with van der Waals surface area (Å²) in [7, 11) is 3.21. The van der Waals surface area contributed by atoms with Crippen LogP contribution in [0.1, 0.15) is 11.1 Å². The molecule has 0 atom stereocenters. The highest BCUT2D eigenvalue weighted by molar-refractivity contribution is 9.10. The molecule has 0 amide bonds. The van der Waals surface area contributed by atoms with Crippen molar-refractivity contribution in [1.29, 1.82) is 0 Å². The van der Waals surface area contributed by atoms with Crippen LogP contribution in [0, 0.1) is 0 Å². The van der Waals surface area contributed by atoms with Gasteiger partial charge in [-0.15, -0.1) is 0 Å². The van der Waals surface area contributed by atoms with Gasteiger partial charge in [-0.05, 0) is 35.9 Å². The van der Waals surface area contributed by atoms with Gasteiger partial charge >= 0.3 is 11.7 Å². The van der Waals surface area contributed by atoms with Gasteiger partial charge in [-0.1, -0.05) is 22.0 Å². The lowest BCUT2D eigenvalue weighted by molar-refractivity contribution is -0.136. The van der Waals surface area contributed by atoms with Crippen molar-refractivity contribution in [2.75, 3.05) is 7.11 Å².